The molecule has 2 nitrogen and oxygen atoms in total. The smallest absolute Gasteiger partial charge is 0.0852 e. The van der Waals surface area contributed by atoms with Gasteiger partial charge in [0.1, 0.15) is 0 Å². The zero-order valence-electron chi connectivity index (χ0n) is 4.71. The van der Waals surface area contributed by atoms with Crippen LogP contribution in [-0.4, -0.2) is 10.1 Å². The number of nitrogens with zero attached hydrogens (tertiary/aromatic N) is 1. The van der Waals surface area contributed by atoms with Crippen molar-refractivity contribution in [1.29, 1.82) is 0 Å². The van der Waals surface area contributed by atoms with Gasteiger partial charge in [0.05, 0.1) is 12.3 Å². The third kappa shape index (κ3) is 2.45. The fraction of sp³-hybridized carbons (Fsp3) is 0.286. The van der Waals surface area contributed by atoms with Crippen molar-refractivity contribution < 1.29 is 5.11 Å². The summed E-state index contributed by atoms with van der Waals surface area (Å²) < 4.78 is 0.930. The second-order valence-electron chi connectivity index (χ2n) is 1.63. The van der Waals surface area contributed by atoms with E-state index in [9.17, 15) is 0 Å². The van der Waals surface area contributed by atoms with Gasteiger partial charge in [-0.25, -0.2) is 0 Å². The number of rotatable bonds is 1. The molecular formula is C7H10BrNO. The third-order valence-electron chi connectivity index (χ3n) is 0.951. The molecular weight excluding hydrogens is 194 g/mol. The molecule has 0 spiro atoms. The van der Waals surface area contributed by atoms with E-state index in [0.29, 0.717) is 5.69 Å². The van der Waals surface area contributed by atoms with Crippen molar-refractivity contribution in [2.75, 3.05) is 0 Å². The monoisotopic (exact) mass is 203 g/mol. The van der Waals surface area contributed by atoms with Crippen molar-refractivity contribution in [3.8, 4) is 0 Å². The summed E-state index contributed by atoms with van der Waals surface area (Å²) in [5.74, 6) is 0. The minimum Gasteiger partial charge on any atom is -0.390 e. The maximum absolute atomic E-state index is 8.55. The molecule has 1 heterocycles. The van der Waals surface area contributed by atoms with Crippen LogP contribution in [0.4, 0.5) is 0 Å². The molecule has 0 aromatic carbocycles. The summed E-state index contributed by atoms with van der Waals surface area (Å²) in [6.07, 6.45) is 1.66. The highest BCUT2D eigenvalue weighted by atomic mass is 79.9. The Balaban J connectivity index is 0.000000810. The predicted molar refractivity (Wildman–Crippen MR) is 44.6 cm³/mol. The number of aromatic nitrogens is 1. The zero-order chi connectivity index (χ0) is 6.69. The third-order valence-corrected chi connectivity index (χ3v) is 1.42. The highest BCUT2D eigenvalue weighted by Gasteiger charge is 1.88. The number of aliphatic hydroxyl groups is 1. The van der Waals surface area contributed by atoms with Gasteiger partial charge in [-0.1, -0.05) is 7.43 Å². The first-order valence-electron chi connectivity index (χ1n) is 2.54. The molecule has 0 saturated heterocycles. The summed E-state index contributed by atoms with van der Waals surface area (Å²) in [4.78, 5) is 3.90. The molecule has 0 saturated carbocycles. The van der Waals surface area contributed by atoms with Crippen molar-refractivity contribution >= 4 is 15.9 Å². The maximum Gasteiger partial charge on any atom is 0.0852 e. The van der Waals surface area contributed by atoms with E-state index in [1.807, 2.05) is 6.07 Å². The van der Waals surface area contributed by atoms with Crippen LogP contribution < -0.4 is 0 Å². The van der Waals surface area contributed by atoms with Gasteiger partial charge >= 0.3 is 0 Å². The van der Waals surface area contributed by atoms with E-state index in [4.69, 9.17) is 5.11 Å². The van der Waals surface area contributed by atoms with Crippen LogP contribution in [0.3, 0.4) is 0 Å². The Hall–Kier alpha value is -0.410. The Morgan fingerprint density at radius 1 is 1.50 bits per heavy atom. The van der Waals surface area contributed by atoms with Gasteiger partial charge in [0.25, 0.3) is 0 Å². The first-order chi connectivity index (χ1) is 4.33. The van der Waals surface area contributed by atoms with Crippen LogP contribution in [-0.2, 0) is 6.61 Å². The molecule has 0 aliphatic rings. The first kappa shape index (κ1) is 9.59. The highest BCUT2D eigenvalue weighted by molar-refractivity contribution is 9.10. The SMILES string of the molecule is C.OCc1ccc(Br)cn1. The van der Waals surface area contributed by atoms with Crippen LogP contribution in [0.15, 0.2) is 22.8 Å². The molecule has 1 aromatic heterocycles. The molecule has 10 heavy (non-hydrogen) atoms. The summed E-state index contributed by atoms with van der Waals surface area (Å²) in [6.45, 7) is 0.00722. The minimum absolute atomic E-state index is 0. The summed E-state index contributed by atoms with van der Waals surface area (Å²) in [6, 6.07) is 3.61. The van der Waals surface area contributed by atoms with Gasteiger partial charge in [-0.05, 0) is 28.1 Å². The van der Waals surface area contributed by atoms with Crippen LogP contribution in [0.1, 0.15) is 13.1 Å². The van der Waals surface area contributed by atoms with E-state index in [1.165, 1.54) is 0 Å². The normalized spacial score (nSPS) is 8.60. The van der Waals surface area contributed by atoms with Gasteiger partial charge in [-0.2, -0.15) is 0 Å². The Morgan fingerprint density at radius 2 is 2.20 bits per heavy atom. The lowest BCUT2D eigenvalue weighted by Crippen LogP contribution is -1.85. The van der Waals surface area contributed by atoms with Crippen molar-refractivity contribution in [3.63, 3.8) is 0 Å². The molecule has 1 rings (SSSR count). The maximum atomic E-state index is 8.55. The lowest BCUT2D eigenvalue weighted by molar-refractivity contribution is 0.277. The Morgan fingerprint density at radius 3 is 2.60 bits per heavy atom. The molecule has 0 fully saturated rings. The van der Waals surface area contributed by atoms with Crippen LogP contribution >= 0.6 is 15.9 Å². The number of pyridine rings is 1. The molecule has 0 aliphatic heterocycles. The standard InChI is InChI=1S/C6H6BrNO.CH4/c7-5-1-2-6(4-9)8-3-5;/h1-3,9H,4H2;1H4. The van der Waals surface area contributed by atoms with E-state index in [1.54, 1.807) is 12.3 Å². The van der Waals surface area contributed by atoms with E-state index in [0.717, 1.165) is 4.47 Å². The second kappa shape index (κ2) is 4.41. The first-order valence-corrected chi connectivity index (χ1v) is 3.33. The molecule has 0 amide bonds. The largest absolute Gasteiger partial charge is 0.390 e. The van der Waals surface area contributed by atoms with E-state index >= 15 is 0 Å². The van der Waals surface area contributed by atoms with Gasteiger partial charge in [0.15, 0.2) is 0 Å². The van der Waals surface area contributed by atoms with Crippen LogP contribution in [0.5, 0.6) is 0 Å². The molecule has 1 N–H and O–H groups in total. The summed E-state index contributed by atoms with van der Waals surface area (Å²) in [5.41, 5.74) is 0.693. The number of halogens is 1. The lowest BCUT2D eigenvalue weighted by Gasteiger charge is -1.91. The molecule has 0 bridgehead atoms. The van der Waals surface area contributed by atoms with Crippen molar-refractivity contribution in [2.45, 2.75) is 14.0 Å². The Bertz CT molecular complexity index is 185. The Kier molecular flexibility index (Phi) is 4.23. The molecule has 0 aliphatic carbocycles. The van der Waals surface area contributed by atoms with Crippen LogP contribution in [0, 0.1) is 0 Å². The van der Waals surface area contributed by atoms with Crippen molar-refractivity contribution in [1.82, 2.24) is 4.98 Å². The van der Waals surface area contributed by atoms with E-state index in [2.05, 4.69) is 20.9 Å². The highest BCUT2D eigenvalue weighted by Crippen LogP contribution is 2.06. The second-order valence-corrected chi connectivity index (χ2v) is 2.54. The Labute approximate surface area is 69.0 Å². The van der Waals surface area contributed by atoms with Gasteiger partial charge in [0.2, 0.25) is 0 Å². The number of hydrogen-bond donors (Lipinski definition) is 1. The van der Waals surface area contributed by atoms with Gasteiger partial charge in [0, 0.05) is 10.7 Å². The van der Waals surface area contributed by atoms with E-state index < -0.39 is 0 Å². The average Bonchev–Trinajstić information content (AvgIpc) is 1.90. The minimum atomic E-state index is 0. The van der Waals surface area contributed by atoms with Gasteiger partial charge in [-0.3, -0.25) is 4.98 Å². The molecule has 0 unspecified atom stereocenters. The topological polar surface area (TPSA) is 33.1 Å². The van der Waals surface area contributed by atoms with E-state index in [-0.39, 0.29) is 14.0 Å². The van der Waals surface area contributed by atoms with Gasteiger partial charge < -0.3 is 5.11 Å². The summed E-state index contributed by atoms with van der Waals surface area (Å²) in [5, 5.41) is 8.55. The molecule has 0 atom stereocenters. The molecule has 56 valence electrons. The van der Waals surface area contributed by atoms with Crippen molar-refractivity contribution in [3.05, 3.63) is 28.5 Å². The number of hydrogen-bond acceptors (Lipinski definition) is 2. The lowest BCUT2D eigenvalue weighted by atomic mass is 10.4. The van der Waals surface area contributed by atoms with Crippen LogP contribution in [0.2, 0.25) is 0 Å². The summed E-state index contributed by atoms with van der Waals surface area (Å²) >= 11 is 3.23. The molecule has 3 heteroatoms. The van der Waals surface area contributed by atoms with Gasteiger partial charge in [-0.15, -0.1) is 0 Å². The van der Waals surface area contributed by atoms with Crippen molar-refractivity contribution in [2.24, 2.45) is 0 Å². The number of aliphatic hydroxyl groups excluding tert-OH is 1. The predicted octanol–water partition coefficient (Wildman–Crippen LogP) is 1.97. The fourth-order valence-electron chi connectivity index (χ4n) is 0.500. The van der Waals surface area contributed by atoms with Crippen LogP contribution in [0.25, 0.3) is 0 Å². The molecule has 1 aromatic rings. The average molecular weight is 204 g/mol. The fourth-order valence-corrected chi connectivity index (χ4v) is 0.735. The molecule has 0 radical (unpaired) electrons. The summed E-state index contributed by atoms with van der Waals surface area (Å²) in [7, 11) is 0. The zero-order valence-corrected chi connectivity index (χ0v) is 6.30. The quantitative estimate of drug-likeness (QED) is 0.758.